The third-order valence-corrected chi connectivity index (χ3v) is 4.13. The molecule has 0 N–H and O–H groups in total. The summed E-state index contributed by atoms with van der Waals surface area (Å²) in [5.74, 6) is -0.315. The number of hydrogen-bond acceptors (Lipinski definition) is 2. The number of halogens is 1. The highest BCUT2D eigenvalue weighted by molar-refractivity contribution is 6.36. The van der Waals surface area contributed by atoms with Crippen molar-refractivity contribution >= 4 is 34.5 Å². The Hall–Kier alpha value is -2.52. The number of carbonyl (C=O) groups is 1. The highest BCUT2D eigenvalue weighted by atomic mass is 35.5. The zero-order chi connectivity index (χ0) is 17.1. The summed E-state index contributed by atoms with van der Waals surface area (Å²) in [7, 11) is 0. The van der Waals surface area contributed by atoms with Gasteiger partial charge in [-0.3, -0.25) is 0 Å². The molecule has 0 aliphatic heterocycles. The molecule has 1 heterocycles. The summed E-state index contributed by atoms with van der Waals surface area (Å²) in [6.07, 6.45) is 3.82. The van der Waals surface area contributed by atoms with E-state index >= 15 is 0 Å². The van der Waals surface area contributed by atoms with Gasteiger partial charge in [-0.05, 0) is 44.2 Å². The van der Waals surface area contributed by atoms with Crippen LogP contribution >= 0.6 is 11.6 Å². The molecule has 0 saturated heterocycles. The fourth-order valence-electron chi connectivity index (χ4n) is 2.72. The first-order valence-corrected chi connectivity index (χ1v) is 8.20. The largest absolute Gasteiger partial charge is 0.463 e. The average Bonchev–Trinajstić information content (AvgIpc) is 2.96. The van der Waals surface area contributed by atoms with Crippen LogP contribution in [0, 0.1) is 0 Å². The molecule has 0 amide bonds. The SMILES string of the molecule is CCOC(=O)/C(C)=C/c1cn(-c2ccccc2)c2cccc(Cl)c12. The Labute approximate surface area is 146 Å². The monoisotopic (exact) mass is 339 g/mol. The number of benzene rings is 2. The standard InChI is InChI=1S/C20H18ClNO2/c1-3-24-20(23)14(2)12-15-13-22(16-8-5-4-6-9-16)18-11-7-10-17(21)19(15)18/h4-13H,3H2,1-2H3/b14-12+. The lowest BCUT2D eigenvalue weighted by molar-refractivity contribution is -0.138. The lowest BCUT2D eigenvalue weighted by atomic mass is 10.1. The van der Waals surface area contributed by atoms with Crippen LogP contribution in [-0.2, 0) is 9.53 Å². The highest BCUT2D eigenvalue weighted by Crippen LogP contribution is 2.32. The maximum atomic E-state index is 11.9. The van der Waals surface area contributed by atoms with Gasteiger partial charge in [0.15, 0.2) is 0 Å². The Morgan fingerprint density at radius 2 is 1.92 bits per heavy atom. The number of para-hydroxylation sites is 1. The van der Waals surface area contributed by atoms with Gasteiger partial charge in [0.2, 0.25) is 0 Å². The molecule has 3 nitrogen and oxygen atoms in total. The minimum absolute atomic E-state index is 0.315. The summed E-state index contributed by atoms with van der Waals surface area (Å²) in [5, 5.41) is 1.58. The third-order valence-electron chi connectivity index (χ3n) is 3.81. The molecule has 3 rings (SSSR count). The van der Waals surface area contributed by atoms with Crippen LogP contribution in [0.1, 0.15) is 19.4 Å². The van der Waals surface area contributed by atoms with Crippen LogP contribution < -0.4 is 0 Å². The molecule has 3 aromatic rings. The zero-order valence-corrected chi connectivity index (χ0v) is 14.4. The quantitative estimate of drug-likeness (QED) is 0.480. The van der Waals surface area contributed by atoms with E-state index in [4.69, 9.17) is 16.3 Å². The Morgan fingerprint density at radius 3 is 2.62 bits per heavy atom. The van der Waals surface area contributed by atoms with E-state index in [2.05, 4.69) is 4.57 Å². The number of hydrogen-bond donors (Lipinski definition) is 0. The minimum Gasteiger partial charge on any atom is -0.463 e. The van der Waals surface area contributed by atoms with Crippen molar-refractivity contribution in [1.29, 1.82) is 0 Å². The summed E-state index contributed by atoms with van der Waals surface area (Å²) in [5.41, 5.74) is 3.48. The average molecular weight is 340 g/mol. The Morgan fingerprint density at radius 1 is 1.17 bits per heavy atom. The van der Waals surface area contributed by atoms with Gasteiger partial charge >= 0.3 is 5.97 Å². The van der Waals surface area contributed by atoms with E-state index < -0.39 is 0 Å². The van der Waals surface area contributed by atoms with Gasteiger partial charge in [-0.2, -0.15) is 0 Å². The molecule has 0 atom stereocenters. The normalized spacial score (nSPS) is 11.7. The van der Waals surface area contributed by atoms with Crippen molar-refractivity contribution in [2.45, 2.75) is 13.8 Å². The van der Waals surface area contributed by atoms with Gasteiger partial charge in [0, 0.05) is 28.4 Å². The molecule has 24 heavy (non-hydrogen) atoms. The van der Waals surface area contributed by atoms with Gasteiger partial charge < -0.3 is 9.30 Å². The number of esters is 1. The first-order chi connectivity index (χ1) is 11.6. The number of aromatic nitrogens is 1. The maximum absolute atomic E-state index is 11.9. The summed E-state index contributed by atoms with van der Waals surface area (Å²) in [4.78, 5) is 11.9. The third kappa shape index (κ3) is 3.08. The first kappa shape index (κ1) is 16.3. The molecule has 0 fully saturated rings. The van der Waals surface area contributed by atoms with E-state index in [1.54, 1.807) is 13.8 Å². The summed E-state index contributed by atoms with van der Waals surface area (Å²) < 4.78 is 7.14. The van der Waals surface area contributed by atoms with Crippen LogP contribution in [0.3, 0.4) is 0 Å². The molecular formula is C20H18ClNO2. The van der Waals surface area contributed by atoms with Crippen molar-refractivity contribution in [3.05, 3.63) is 70.9 Å². The fourth-order valence-corrected chi connectivity index (χ4v) is 3.00. The molecule has 0 unspecified atom stereocenters. The molecule has 1 aromatic heterocycles. The Bertz CT molecular complexity index is 910. The lowest BCUT2D eigenvalue weighted by Crippen LogP contribution is -2.04. The number of fused-ring (bicyclic) bond motifs is 1. The molecule has 0 aliphatic rings. The van der Waals surface area contributed by atoms with E-state index in [1.165, 1.54) is 0 Å². The van der Waals surface area contributed by atoms with E-state index in [9.17, 15) is 4.79 Å². The molecule has 0 bridgehead atoms. The maximum Gasteiger partial charge on any atom is 0.333 e. The molecule has 0 saturated carbocycles. The van der Waals surface area contributed by atoms with Crippen LogP contribution in [0.5, 0.6) is 0 Å². The van der Waals surface area contributed by atoms with Gasteiger partial charge in [-0.25, -0.2) is 4.79 Å². The van der Waals surface area contributed by atoms with E-state index in [0.29, 0.717) is 17.2 Å². The van der Waals surface area contributed by atoms with Gasteiger partial charge in [0.05, 0.1) is 17.1 Å². The second kappa shape index (κ2) is 6.93. The number of ether oxygens (including phenoxy) is 1. The van der Waals surface area contributed by atoms with Gasteiger partial charge in [-0.15, -0.1) is 0 Å². The van der Waals surface area contributed by atoms with Crippen LogP contribution in [0.15, 0.2) is 60.3 Å². The molecule has 2 aromatic carbocycles. The predicted octanol–water partition coefficient (Wildman–Crippen LogP) is 5.25. The fraction of sp³-hybridized carbons (Fsp3) is 0.150. The van der Waals surface area contributed by atoms with Crippen LogP contribution in [0.2, 0.25) is 5.02 Å². The topological polar surface area (TPSA) is 31.2 Å². The van der Waals surface area contributed by atoms with E-state index in [0.717, 1.165) is 22.2 Å². The number of rotatable bonds is 4. The van der Waals surface area contributed by atoms with E-state index in [-0.39, 0.29) is 5.97 Å². The molecule has 122 valence electrons. The van der Waals surface area contributed by atoms with Crippen molar-refractivity contribution in [1.82, 2.24) is 4.57 Å². The van der Waals surface area contributed by atoms with Crippen molar-refractivity contribution in [2.75, 3.05) is 6.61 Å². The zero-order valence-electron chi connectivity index (χ0n) is 13.6. The second-order valence-corrected chi connectivity index (χ2v) is 5.88. The van der Waals surface area contributed by atoms with Gasteiger partial charge in [-0.1, -0.05) is 35.9 Å². The molecule has 0 aliphatic carbocycles. The number of carbonyl (C=O) groups excluding carboxylic acids is 1. The Kier molecular flexibility index (Phi) is 4.72. The lowest BCUT2D eigenvalue weighted by Gasteiger charge is -2.04. The predicted molar refractivity (Wildman–Crippen MR) is 98.6 cm³/mol. The van der Waals surface area contributed by atoms with Gasteiger partial charge in [0.25, 0.3) is 0 Å². The van der Waals surface area contributed by atoms with Crippen molar-refractivity contribution in [2.24, 2.45) is 0 Å². The van der Waals surface area contributed by atoms with Crippen molar-refractivity contribution < 1.29 is 9.53 Å². The van der Waals surface area contributed by atoms with Crippen LogP contribution in [0.4, 0.5) is 0 Å². The minimum atomic E-state index is -0.315. The van der Waals surface area contributed by atoms with E-state index in [1.807, 2.05) is 60.8 Å². The van der Waals surface area contributed by atoms with Crippen molar-refractivity contribution in [3.63, 3.8) is 0 Å². The van der Waals surface area contributed by atoms with Gasteiger partial charge in [0.1, 0.15) is 0 Å². The summed E-state index contributed by atoms with van der Waals surface area (Å²) in [6.45, 7) is 3.90. The molecule has 0 spiro atoms. The second-order valence-electron chi connectivity index (χ2n) is 5.47. The van der Waals surface area contributed by atoms with Crippen LogP contribution in [-0.4, -0.2) is 17.1 Å². The molecular weight excluding hydrogens is 322 g/mol. The number of nitrogens with zero attached hydrogens (tertiary/aromatic N) is 1. The van der Waals surface area contributed by atoms with Crippen LogP contribution in [0.25, 0.3) is 22.7 Å². The molecule has 4 heteroatoms. The van der Waals surface area contributed by atoms with Crippen molar-refractivity contribution in [3.8, 4) is 5.69 Å². The summed E-state index contributed by atoms with van der Waals surface area (Å²) >= 11 is 6.43. The highest BCUT2D eigenvalue weighted by Gasteiger charge is 2.13. The molecule has 0 radical (unpaired) electrons. The summed E-state index contributed by atoms with van der Waals surface area (Å²) in [6, 6.07) is 15.8. The Balaban J connectivity index is 2.19. The first-order valence-electron chi connectivity index (χ1n) is 7.82. The smallest absolute Gasteiger partial charge is 0.333 e.